The van der Waals surface area contributed by atoms with Crippen LogP contribution in [0.5, 0.6) is 0 Å². The SMILES string of the molecule is C/C=N\c1ccc(Nc2ccc(C)n2C)cc1C. The maximum atomic E-state index is 4.32. The molecule has 0 saturated heterocycles. The number of nitrogens with one attached hydrogen (secondary N) is 1. The Morgan fingerprint density at radius 3 is 2.50 bits per heavy atom. The van der Waals surface area contributed by atoms with Gasteiger partial charge in [-0.3, -0.25) is 4.99 Å². The Hall–Kier alpha value is -2.03. The zero-order chi connectivity index (χ0) is 13.1. The fourth-order valence-corrected chi connectivity index (χ4v) is 1.90. The Bertz CT molecular complexity index is 579. The molecule has 1 aromatic heterocycles. The molecular formula is C15H19N3. The molecule has 2 rings (SSSR count). The lowest BCUT2D eigenvalue weighted by molar-refractivity contribution is 0.891. The first-order chi connectivity index (χ1) is 8.61. The molecule has 94 valence electrons. The van der Waals surface area contributed by atoms with Gasteiger partial charge in [-0.25, -0.2) is 0 Å². The minimum atomic E-state index is 1.02. The van der Waals surface area contributed by atoms with Gasteiger partial charge in [-0.2, -0.15) is 0 Å². The fraction of sp³-hybridized carbons (Fsp3) is 0.267. The average molecular weight is 241 g/mol. The molecule has 0 atom stereocenters. The number of aliphatic imine (C=N–C) groups is 1. The van der Waals surface area contributed by atoms with Crippen molar-refractivity contribution >= 4 is 23.4 Å². The summed E-state index contributed by atoms with van der Waals surface area (Å²) in [6.07, 6.45) is 1.82. The van der Waals surface area contributed by atoms with E-state index < -0.39 is 0 Å². The monoisotopic (exact) mass is 241 g/mol. The van der Waals surface area contributed by atoms with E-state index in [1.807, 2.05) is 19.2 Å². The van der Waals surface area contributed by atoms with E-state index in [-0.39, 0.29) is 0 Å². The molecule has 0 spiro atoms. The summed E-state index contributed by atoms with van der Waals surface area (Å²) in [6.45, 7) is 6.09. The Kier molecular flexibility index (Phi) is 3.51. The first kappa shape index (κ1) is 12.4. The number of hydrogen-bond acceptors (Lipinski definition) is 2. The van der Waals surface area contributed by atoms with Gasteiger partial charge >= 0.3 is 0 Å². The van der Waals surface area contributed by atoms with Gasteiger partial charge in [-0.15, -0.1) is 0 Å². The summed E-state index contributed by atoms with van der Waals surface area (Å²) in [6, 6.07) is 10.4. The van der Waals surface area contributed by atoms with E-state index in [4.69, 9.17) is 0 Å². The quantitative estimate of drug-likeness (QED) is 0.805. The Morgan fingerprint density at radius 2 is 1.94 bits per heavy atom. The van der Waals surface area contributed by atoms with Crippen LogP contribution in [0.2, 0.25) is 0 Å². The standard InChI is InChI=1S/C15H19N3/c1-5-16-14-8-7-13(10-11(14)2)17-15-9-6-12(3)18(15)4/h5-10,17H,1-4H3/b16-5-. The molecule has 1 heterocycles. The molecule has 0 saturated carbocycles. The molecule has 3 nitrogen and oxygen atoms in total. The number of rotatable bonds is 3. The van der Waals surface area contributed by atoms with Gasteiger partial charge in [0.05, 0.1) is 5.69 Å². The molecule has 0 fully saturated rings. The molecule has 1 N–H and O–H groups in total. The van der Waals surface area contributed by atoms with Crippen LogP contribution >= 0.6 is 0 Å². The van der Waals surface area contributed by atoms with Gasteiger partial charge in [0.2, 0.25) is 0 Å². The lowest BCUT2D eigenvalue weighted by Crippen LogP contribution is -1.99. The van der Waals surface area contributed by atoms with Crippen LogP contribution in [0.15, 0.2) is 35.3 Å². The number of aromatic nitrogens is 1. The number of aryl methyl sites for hydroxylation is 2. The van der Waals surface area contributed by atoms with Crippen LogP contribution in [0.1, 0.15) is 18.2 Å². The highest BCUT2D eigenvalue weighted by Gasteiger charge is 2.03. The molecule has 0 bridgehead atoms. The van der Waals surface area contributed by atoms with Crippen molar-refractivity contribution in [2.45, 2.75) is 20.8 Å². The Balaban J connectivity index is 2.25. The summed E-state index contributed by atoms with van der Waals surface area (Å²) in [4.78, 5) is 4.32. The number of hydrogen-bond donors (Lipinski definition) is 1. The molecule has 0 aliphatic rings. The summed E-state index contributed by atoms with van der Waals surface area (Å²) < 4.78 is 2.13. The molecule has 0 radical (unpaired) electrons. The summed E-state index contributed by atoms with van der Waals surface area (Å²) in [5, 5.41) is 3.41. The van der Waals surface area contributed by atoms with Crippen LogP contribution in [0.25, 0.3) is 0 Å². The zero-order valence-electron chi connectivity index (χ0n) is 11.4. The van der Waals surface area contributed by atoms with Crippen molar-refractivity contribution in [1.29, 1.82) is 0 Å². The van der Waals surface area contributed by atoms with Crippen LogP contribution in [0.4, 0.5) is 17.2 Å². The maximum absolute atomic E-state index is 4.32. The van der Waals surface area contributed by atoms with E-state index in [1.54, 1.807) is 0 Å². The minimum absolute atomic E-state index is 1.02. The van der Waals surface area contributed by atoms with E-state index in [2.05, 4.69) is 60.0 Å². The van der Waals surface area contributed by atoms with Crippen molar-refractivity contribution in [3.8, 4) is 0 Å². The average Bonchev–Trinajstić information content (AvgIpc) is 2.65. The van der Waals surface area contributed by atoms with Crippen molar-refractivity contribution in [2.24, 2.45) is 12.0 Å². The van der Waals surface area contributed by atoms with Crippen molar-refractivity contribution in [3.63, 3.8) is 0 Å². The van der Waals surface area contributed by atoms with Gasteiger partial charge in [-0.1, -0.05) is 0 Å². The van der Waals surface area contributed by atoms with Crippen LogP contribution in [0.3, 0.4) is 0 Å². The third-order valence-corrected chi connectivity index (χ3v) is 3.11. The van der Waals surface area contributed by atoms with Crippen molar-refractivity contribution in [1.82, 2.24) is 4.57 Å². The highest BCUT2D eigenvalue weighted by molar-refractivity contribution is 5.67. The molecular weight excluding hydrogens is 222 g/mol. The first-order valence-electron chi connectivity index (χ1n) is 6.10. The third-order valence-electron chi connectivity index (χ3n) is 3.11. The van der Waals surface area contributed by atoms with Crippen molar-refractivity contribution < 1.29 is 0 Å². The predicted molar refractivity (Wildman–Crippen MR) is 78.4 cm³/mol. The lowest BCUT2D eigenvalue weighted by atomic mass is 10.2. The number of nitrogens with zero attached hydrogens (tertiary/aromatic N) is 2. The van der Waals surface area contributed by atoms with Crippen LogP contribution in [-0.4, -0.2) is 10.8 Å². The lowest BCUT2D eigenvalue weighted by Gasteiger charge is -2.10. The third kappa shape index (κ3) is 2.45. The summed E-state index contributed by atoms with van der Waals surface area (Å²) in [5.74, 6) is 1.10. The second-order valence-electron chi connectivity index (χ2n) is 4.43. The van der Waals surface area contributed by atoms with Gasteiger partial charge in [-0.05, 0) is 56.7 Å². The molecule has 0 aliphatic carbocycles. The Morgan fingerprint density at radius 1 is 1.17 bits per heavy atom. The molecule has 3 heteroatoms. The summed E-state index contributed by atoms with van der Waals surface area (Å²) in [5.41, 5.74) is 4.51. The molecule has 0 amide bonds. The zero-order valence-corrected chi connectivity index (χ0v) is 11.4. The van der Waals surface area contributed by atoms with E-state index >= 15 is 0 Å². The summed E-state index contributed by atoms with van der Waals surface area (Å²) in [7, 11) is 2.06. The van der Waals surface area contributed by atoms with E-state index in [0.717, 1.165) is 17.2 Å². The van der Waals surface area contributed by atoms with E-state index in [0.29, 0.717) is 0 Å². The fourth-order valence-electron chi connectivity index (χ4n) is 1.90. The smallest absolute Gasteiger partial charge is 0.110 e. The highest BCUT2D eigenvalue weighted by Crippen LogP contribution is 2.25. The number of benzene rings is 1. The maximum Gasteiger partial charge on any atom is 0.110 e. The minimum Gasteiger partial charge on any atom is -0.342 e. The van der Waals surface area contributed by atoms with Gasteiger partial charge < -0.3 is 9.88 Å². The van der Waals surface area contributed by atoms with Gasteiger partial charge in [0.1, 0.15) is 5.82 Å². The predicted octanol–water partition coefficient (Wildman–Crippen LogP) is 4.11. The largest absolute Gasteiger partial charge is 0.342 e. The molecule has 0 aliphatic heterocycles. The normalized spacial score (nSPS) is 11.1. The second-order valence-corrected chi connectivity index (χ2v) is 4.43. The molecule has 2 aromatic rings. The van der Waals surface area contributed by atoms with Gasteiger partial charge in [0.15, 0.2) is 0 Å². The first-order valence-corrected chi connectivity index (χ1v) is 6.10. The molecule has 0 unspecified atom stereocenters. The van der Waals surface area contributed by atoms with Crippen molar-refractivity contribution in [2.75, 3.05) is 5.32 Å². The van der Waals surface area contributed by atoms with Gasteiger partial charge in [0, 0.05) is 24.6 Å². The molecule has 1 aromatic carbocycles. The van der Waals surface area contributed by atoms with E-state index in [9.17, 15) is 0 Å². The van der Waals surface area contributed by atoms with Crippen LogP contribution in [-0.2, 0) is 7.05 Å². The van der Waals surface area contributed by atoms with E-state index in [1.165, 1.54) is 11.3 Å². The van der Waals surface area contributed by atoms with Crippen LogP contribution in [0, 0.1) is 13.8 Å². The molecule has 18 heavy (non-hydrogen) atoms. The Labute approximate surface area is 108 Å². The van der Waals surface area contributed by atoms with Gasteiger partial charge in [0.25, 0.3) is 0 Å². The topological polar surface area (TPSA) is 29.3 Å². The highest BCUT2D eigenvalue weighted by atomic mass is 15.1. The second kappa shape index (κ2) is 5.08. The summed E-state index contributed by atoms with van der Waals surface area (Å²) >= 11 is 0. The van der Waals surface area contributed by atoms with Crippen LogP contribution < -0.4 is 5.32 Å². The number of anilines is 2. The van der Waals surface area contributed by atoms with Crippen molar-refractivity contribution in [3.05, 3.63) is 41.6 Å².